The third-order valence-corrected chi connectivity index (χ3v) is 4.10. The number of nitrogens with one attached hydrogen (secondary N) is 2. The van der Waals surface area contributed by atoms with E-state index in [2.05, 4.69) is 10.3 Å². The molecule has 21 heavy (non-hydrogen) atoms. The average Bonchev–Trinajstić information content (AvgIpc) is 2.54. The summed E-state index contributed by atoms with van der Waals surface area (Å²) in [5.74, 6) is -0.0993. The molecule has 2 aromatic rings. The summed E-state index contributed by atoms with van der Waals surface area (Å²) in [5, 5.41) is 4.63. The van der Waals surface area contributed by atoms with E-state index in [4.69, 9.17) is 0 Å². The lowest BCUT2D eigenvalue weighted by Crippen LogP contribution is -2.47. The van der Waals surface area contributed by atoms with Crippen molar-refractivity contribution in [3.05, 3.63) is 46.4 Å². The second-order valence-electron chi connectivity index (χ2n) is 5.48. The van der Waals surface area contributed by atoms with E-state index in [9.17, 15) is 9.59 Å². The predicted octanol–water partition coefficient (Wildman–Crippen LogP) is 1.35. The number of amides is 1. The fourth-order valence-electron chi connectivity index (χ4n) is 2.89. The van der Waals surface area contributed by atoms with E-state index in [-0.39, 0.29) is 11.5 Å². The Morgan fingerprint density at radius 1 is 1.38 bits per heavy atom. The van der Waals surface area contributed by atoms with Gasteiger partial charge in [0.2, 0.25) is 0 Å². The Balaban J connectivity index is 1.93. The number of nitrogens with zero attached hydrogens (tertiary/aromatic N) is 1. The topological polar surface area (TPSA) is 65.2 Å². The summed E-state index contributed by atoms with van der Waals surface area (Å²) in [4.78, 5) is 29.2. The maximum absolute atomic E-state index is 12.6. The summed E-state index contributed by atoms with van der Waals surface area (Å²) < 4.78 is 0. The van der Waals surface area contributed by atoms with Crippen molar-refractivity contribution >= 4 is 16.7 Å². The quantitative estimate of drug-likeness (QED) is 0.875. The summed E-state index contributed by atoms with van der Waals surface area (Å²) in [6, 6.07) is 9.40. The number of fused-ring (bicyclic) bond motifs is 1. The molecule has 1 aliphatic rings. The molecule has 1 fully saturated rings. The van der Waals surface area contributed by atoms with Crippen LogP contribution in [0.15, 0.2) is 35.1 Å². The Morgan fingerprint density at radius 3 is 3.00 bits per heavy atom. The third kappa shape index (κ3) is 2.69. The lowest BCUT2D eigenvalue weighted by atomic mass is 10.1. The number of likely N-dealkylation sites (N-methyl/N-ethyl adjacent to an activating group) is 1. The van der Waals surface area contributed by atoms with Crippen LogP contribution < -0.4 is 10.9 Å². The van der Waals surface area contributed by atoms with Crippen LogP contribution >= 0.6 is 0 Å². The Labute approximate surface area is 123 Å². The van der Waals surface area contributed by atoms with Crippen molar-refractivity contribution in [2.45, 2.75) is 18.9 Å². The number of pyridine rings is 1. The second kappa shape index (κ2) is 5.69. The van der Waals surface area contributed by atoms with Crippen LogP contribution in [0.1, 0.15) is 23.3 Å². The number of likely N-dealkylation sites (tertiary alicyclic amines) is 1. The largest absolute Gasteiger partial charge is 0.336 e. The van der Waals surface area contributed by atoms with E-state index in [1.807, 2.05) is 30.1 Å². The maximum atomic E-state index is 12.6. The number of H-pyrrole nitrogens is 1. The summed E-state index contributed by atoms with van der Waals surface area (Å²) in [6.45, 7) is 1.43. The van der Waals surface area contributed by atoms with Gasteiger partial charge in [-0.1, -0.05) is 18.2 Å². The number of aromatic nitrogens is 1. The number of rotatable bonds is 2. The Kier molecular flexibility index (Phi) is 3.75. The zero-order chi connectivity index (χ0) is 14.8. The molecule has 1 aromatic carbocycles. The molecule has 0 saturated carbocycles. The molecule has 110 valence electrons. The van der Waals surface area contributed by atoms with Gasteiger partial charge < -0.3 is 15.2 Å². The molecule has 0 radical (unpaired) electrons. The van der Waals surface area contributed by atoms with Crippen LogP contribution in [0.25, 0.3) is 10.8 Å². The minimum Gasteiger partial charge on any atom is -0.336 e. The van der Waals surface area contributed by atoms with Crippen LogP contribution in [-0.2, 0) is 0 Å². The molecule has 1 aliphatic heterocycles. The van der Waals surface area contributed by atoms with Crippen LogP contribution in [0.3, 0.4) is 0 Å². The molecule has 1 atom stereocenters. The highest BCUT2D eigenvalue weighted by Gasteiger charge is 2.24. The molecule has 1 unspecified atom stereocenters. The molecule has 2 N–H and O–H groups in total. The zero-order valence-electron chi connectivity index (χ0n) is 12.1. The standard InChI is InChI=1S/C16H19N3O2/c1-17-12-6-4-8-19(10-12)16(21)14-9-11-5-2-3-7-13(11)15(20)18-14/h2-3,5,7,9,12,17H,4,6,8,10H2,1H3,(H,18,20). The zero-order valence-corrected chi connectivity index (χ0v) is 12.1. The van der Waals surface area contributed by atoms with Crippen LogP contribution in [0.2, 0.25) is 0 Å². The van der Waals surface area contributed by atoms with E-state index in [0.717, 1.165) is 24.8 Å². The highest BCUT2D eigenvalue weighted by molar-refractivity contribution is 5.96. The number of benzene rings is 1. The van der Waals surface area contributed by atoms with Crippen LogP contribution in [0.4, 0.5) is 0 Å². The maximum Gasteiger partial charge on any atom is 0.270 e. The normalized spacial score (nSPS) is 18.9. The van der Waals surface area contributed by atoms with Crippen molar-refractivity contribution in [2.75, 3.05) is 20.1 Å². The fraction of sp³-hybridized carbons (Fsp3) is 0.375. The van der Waals surface area contributed by atoms with E-state index >= 15 is 0 Å². The first-order chi connectivity index (χ1) is 10.2. The number of aromatic amines is 1. The third-order valence-electron chi connectivity index (χ3n) is 4.10. The van der Waals surface area contributed by atoms with Crippen LogP contribution in [-0.4, -0.2) is 42.0 Å². The average molecular weight is 285 g/mol. The number of carbonyl (C=O) groups excluding carboxylic acids is 1. The van der Waals surface area contributed by atoms with Crippen molar-refractivity contribution < 1.29 is 4.79 Å². The molecule has 1 amide bonds. The minimum atomic E-state index is -0.210. The Morgan fingerprint density at radius 2 is 2.19 bits per heavy atom. The van der Waals surface area contributed by atoms with E-state index < -0.39 is 0 Å². The molecule has 2 heterocycles. The van der Waals surface area contributed by atoms with Crippen LogP contribution in [0, 0.1) is 0 Å². The summed E-state index contributed by atoms with van der Waals surface area (Å²) in [6.07, 6.45) is 2.06. The highest BCUT2D eigenvalue weighted by Crippen LogP contribution is 2.15. The van der Waals surface area contributed by atoms with Crippen molar-refractivity contribution in [1.82, 2.24) is 15.2 Å². The Hall–Kier alpha value is -2.14. The van der Waals surface area contributed by atoms with Gasteiger partial charge in [0, 0.05) is 24.5 Å². The summed E-state index contributed by atoms with van der Waals surface area (Å²) >= 11 is 0. The molecule has 1 saturated heterocycles. The molecular formula is C16H19N3O2. The van der Waals surface area contributed by atoms with Crippen LogP contribution in [0.5, 0.6) is 0 Å². The molecule has 0 spiro atoms. The molecule has 5 heteroatoms. The summed E-state index contributed by atoms with van der Waals surface area (Å²) in [5.41, 5.74) is 0.161. The molecule has 0 bridgehead atoms. The minimum absolute atomic E-state index is 0.0993. The van der Waals surface area contributed by atoms with Crippen molar-refractivity contribution in [3.8, 4) is 0 Å². The summed E-state index contributed by atoms with van der Waals surface area (Å²) in [7, 11) is 1.91. The van der Waals surface area contributed by atoms with Crippen molar-refractivity contribution in [3.63, 3.8) is 0 Å². The highest BCUT2D eigenvalue weighted by atomic mass is 16.2. The first-order valence-corrected chi connectivity index (χ1v) is 7.27. The van der Waals surface area contributed by atoms with Crippen molar-refractivity contribution in [2.24, 2.45) is 0 Å². The second-order valence-corrected chi connectivity index (χ2v) is 5.48. The van der Waals surface area contributed by atoms with Gasteiger partial charge in [0.25, 0.3) is 11.5 Å². The smallest absolute Gasteiger partial charge is 0.270 e. The van der Waals surface area contributed by atoms with E-state index in [1.54, 1.807) is 12.1 Å². The first-order valence-electron chi connectivity index (χ1n) is 7.27. The Bertz CT molecular complexity index is 723. The number of piperidine rings is 1. The lowest BCUT2D eigenvalue weighted by molar-refractivity contribution is 0.0692. The fourth-order valence-corrected chi connectivity index (χ4v) is 2.89. The van der Waals surface area contributed by atoms with Gasteiger partial charge in [0.15, 0.2) is 0 Å². The monoisotopic (exact) mass is 285 g/mol. The lowest BCUT2D eigenvalue weighted by Gasteiger charge is -2.32. The van der Waals surface area contributed by atoms with Gasteiger partial charge in [-0.15, -0.1) is 0 Å². The van der Waals surface area contributed by atoms with E-state index in [1.165, 1.54) is 0 Å². The SMILES string of the molecule is CNC1CCCN(C(=O)c2cc3ccccc3c(=O)[nH]2)C1. The molecular weight excluding hydrogens is 266 g/mol. The predicted molar refractivity (Wildman–Crippen MR) is 82.6 cm³/mol. The molecule has 3 rings (SSSR count). The molecule has 5 nitrogen and oxygen atoms in total. The number of carbonyl (C=O) groups is 1. The van der Waals surface area contributed by atoms with Gasteiger partial charge in [-0.25, -0.2) is 0 Å². The van der Waals surface area contributed by atoms with Gasteiger partial charge in [0.1, 0.15) is 5.69 Å². The van der Waals surface area contributed by atoms with Gasteiger partial charge in [-0.3, -0.25) is 9.59 Å². The number of hydrogen-bond donors (Lipinski definition) is 2. The first kappa shape index (κ1) is 13.8. The van der Waals surface area contributed by atoms with Gasteiger partial charge in [0.05, 0.1) is 0 Å². The molecule has 1 aromatic heterocycles. The van der Waals surface area contributed by atoms with E-state index in [0.29, 0.717) is 23.7 Å². The van der Waals surface area contributed by atoms with Gasteiger partial charge >= 0.3 is 0 Å². The van der Waals surface area contributed by atoms with Gasteiger partial charge in [-0.2, -0.15) is 0 Å². The van der Waals surface area contributed by atoms with Crippen molar-refractivity contribution in [1.29, 1.82) is 0 Å². The molecule has 0 aliphatic carbocycles. The van der Waals surface area contributed by atoms with Gasteiger partial charge in [-0.05, 0) is 37.4 Å². The number of hydrogen-bond acceptors (Lipinski definition) is 3.